The Bertz CT molecular complexity index is 414. The molecule has 1 aliphatic rings. The maximum absolute atomic E-state index is 13.5. The van der Waals surface area contributed by atoms with E-state index in [1.165, 1.54) is 6.07 Å². The molecule has 0 unspecified atom stereocenters. The highest BCUT2D eigenvalue weighted by molar-refractivity contribution is 5.67. The van der Waals surface area contributed by atoms with E-state index in [2.05, 4.69) is 4.90 Å². The monoisotopic (exact) mass is 251 g/mol. The molecule has 1 fully saturated rings. The quantitative estimate of drug-likeness (QED) is 0.894. The second-order valence-corrected chi connectivity index (χ2v) is 4.91. The van der Waals surface area contributed by atoms with Gasteiger partial charge in [-0.15, -0.1) is 0 Å². The van der Waals surface area contributed by atoms with Gasteiger partial charge in [-0.05, 0) is 37.9 Å². The molecule has 0 atom stereocenters. The summed E-state index contributed by atoms with van der Waals surface area (Å²) < 4.78 is 13.5. The number of piperidine rings is 1. The molecule has 3 nitrogen and oxygen atoms in total. The van der Waals surface area contributed by atoms with E-state index in [0.717, 1.165) is 25.9 Å². The summed E-state index contributed by atoms with van der Waals surface area (Å²) in [6, 6.07) is 6.82. The minimum absolute atomic E-state index is 0.162. The second kappa shape index (κ2) is 5.96. The zero-order chi connectivity index (χ0) is 13.0. The van der Waals surface area contributed by atoms with Crippen LogP contribution in [-0.2, 0) is 11.3 Å². The highest BCUT2D eigenvalue weighted by Crippen LogP contribution is 2.22. The van der Waals surface area contributed by atoms with E-state index < -0.39 is 5.97 Å². The van der Waals surface area contributed by atoms with Crippen LogP contribution in [0.1, 0.15) is 24.8 Å². The summed E-state index contributed by atoms with van der Waals surface area (Å²) in [6.45, 7) is 2.32. The highest BCUT2D eigenvalue weighted by Gasteiger charge is 2.21. The fourth-order valence-electron chi connectivity index (χ4n) is 2.46. The van der Waals surface area contributed by atoms with Crippen molar-refractivity contribution in [3.05, 3.63) is 35.6 Å². The summed E-state index contributed by atoms with van der Waals surface area (Å²) in [4.78, 5) is 12.8. The second-order valence-electron chi connectivity index (χ2n) is 4.91. The van der Waals surface area contributed by atoms with Crippen molar-refractivity contribution < 1.29 is 14.3 Å². The van der Waals surface area contributed by atoms with Gasteiger partial charge in [0.1, 0.15) is 5.82 Å². The van der Waals surface area contributed by atoms with Gasteiger partial charge in [-0.2, -0.15) is 0 Å². The number of likely N-dealkylation sites (tertiary alicyclic amines) is 1. The third-order valence-electron chi connectivity index (χ3n) is 3.52. The Morgan fingerprint density at radius 3 is 2.61 bits per heavy atom. The molecule has 0 spiro atoms. The largest absolute Gasteiger partial charge is 0.481 e. The molecule has 0 bridgehead atoms. The number of hydrogen-bond donors (Lipinski definition) is 1. The lowest BCUT2D eigenvalue weighted by molar-refractivity contribution is -0.138. The maximum Gasteiger partial charge on any atom is 0.303 e. The van der Waals surface area contributed by atoms with Gasteiger partial charge in [-0.3, -0.25) is 9.69 Å². The molecular formula is C14H18FNO2. The van der Waals surface area contributed by atoms with E-state index in [0.29, 0.717) is 12.1 Å². The fourth-order valence-corrected chi connectivity index (χ4v) is 2.46. The maximum atomic E-state index is 13.5. The first-order valence-electron chi connectivity index (χ1n) is 6.32. The van der Waals surface area contributed by atoms with Crippen LogP contribution in [0, 0.1) is 11.7 Å². The number of carbonyl (C=O) groups is 1. The van der Waals surface area contributed by atoms with Gasteiger partial charge in [-0.25, -0.2) is 4.39 Å². The van der Waals surface area contributed by atoms with Gasteiger partial charge in [-0.1, -0.05) is 18.2 Å². The Kier molecular flexibility index (Phi) is 4.31. The number of aliphatic carboxylic acids is 1. The summed E-state index contributed by atoms with van der Waals surface area (Å²) in [7, 11) is 0. The van der Waals surface area contributed by atoms with E-state index in [-0.39, 0.29) is 18.2 Å². The predicted molar refractivity (Wildman–Crippen MR) is 66.7 cm³/mol. The van der Waals surface area contributed by atoms with E-state index >= 15 is 0 Å². The van der Waals surface area contributed by atoms with Gasteiger partial charge in [0.2, 0.25) is 0 Å². The number of rotatable bonds is 4. The first kappa shape index (κ1) is 13.0. The minimum Gasteiger partial charge on any atom is -0.481 e. The van der Waals surface area contributed by atoms with E-state index in [1.807, 2.05) is 6.07 Å². The number of nitrogens with zero attached hydrogens (tertiary/aromatic N) is 1. The van der Waals surface area contributed by atoms with Crippen LogP contribution in [0.5, 0.6) is 0 Å². The third kappa shape index (κ3) is 3.53. The molecule has 18 heavy (non-hydrogen) atoms. The summed E-state index contributed by atoms with van der Waals surface area (Å²) >= 11 is 0. The summed E-state index contributed by atoms with van der Waals surface area (Å²) in [5, 5.41) is 8.74. The first-order chi connectivity index (χ1) is 8.65. The van der Waals surface area contributed by atoms with Crippen molar-refractivity contribution in [3.8, 4) is 0 Å². The zero-order valence-electron chi connectivity index (χ0n) is 10.3. The average molecular weight is 251 g/mol. The molecule has 1 aromatic carbocycles. The molecule has 0 radical (unpaired) electrons. The van der Waals surface area contributed by atoms with Gasteiger partial charge in [0, 0.05) is 18.5 Å². The van der Waals surface area contributed by atoms with Crippen molar-refractivity contribution in [2.24, 2.45) is 5.92 Å². The van der Waals surface area contributed by atoms with E-state index in [9.17, 15) is 9.18 Å². The Hall–Kier alpha value is -1.42. The van der Waals surface area contributed by atoms with Gasteiger partial charge >= 0.3 is 5.97 Å². The molecule has 4 heteroatoms. The van der Waals surface area contributed by atoms with Crippen LogP contribution in [0.2, 0.25) is 0 Å². The molecule has 2 rings (SSSR count). The summed E-state index contributed by atoms with van der Waals surface area (Å²) in [6.07, 6.45) is 2.04. The minimum atomic E-state index is -0.720. The van der Waals surface area contributed by atoms with E-state index in [1.54, 1.807) is 12.1 Å². The topological polar surface area (TPSA) is 40.5 Å². The average Bonchev–Trinajstić information content (AvgIpc) is 2.34. The van der Waals surface area contributed by atoms with Crippen molar-refractivity contribution in [2.45, 2.75) is 25.8 Å². The third-order valence-corrected chi connectivity index (χ3v) is 3.52. The van der Waals surface area contributed by atoms with Gasteiger partial charge < -0.3 is 5.11 Å². The molecule has 1 N–H and O–H groups in total. The Balaban J connectivity index is 1.84. The lowest BCUT2D eigenvalue weighted by atomic mass is 9.93. The lowest BCUT2D eigenvalue weighted by Crippen LogP contribution is -2.34. The molecule has 98 valence electrons. The molecule has 1 aromatic rings. The molecule has 1 heterocycles. The zero-order valence-corrected chi connectivity index (χ0v) is 10.3. The smallest absolute Gasteiger partial charge is 0.303 e. The van der Waals surface area contributed by atoms with Gasteiger partial charge in [0.25, 0.3) is 0 Å². The lowest BCUT2D eigenvalue weighted by Gasteiger charge is -2.31. The molecule has 0 aromatic heterocycles. The summed E-state index contributed by atoms with van der Waals surface area (Å²) in [5.74, 6) is -0.605. The van der Waals surface area contributed by atoms with Crippen LogP contribution in [0.25, 0.3) is 0 Å². The number of hydrogen-bond acceptors (Lipinski definition) is 2. The standard InChI is InChI=1S/C14H18FNO2/c15-13-4-2-1-3-12(13)10-16-7-5-11(6-8-16)9-14(17)18/h1-4,11H,5-10H2,(H,17,18). The van der Waals surface area contributed by atoms with E-state index in [4.69, 9.17) is 5.11 Å². The normalized spacial score (nSPS) is 17.8. The Morgan fingerprint density at radius 2 is 2.00 bits per heavy atom. The number of carboxylic acids is 1. The molecule has 0 saturated carbocycles. The van der Waals surface area contributed by atoms with Gasteiger partial charge in [0.05, 0.1) is 0 Å². The van der Waals surface area contributed by atoms with Crippen LogP contribution in [0.3, 0.4) is 0 Å². The van der Waals surface area contributed by atoms with Crippen molar-refractivity contribution in [3.63, 3.8) is 0 Å². The van der Waals surface area contributed by atoms with Crippen molar-refractivity contribution in [2.75, 3.05) is 13.1 Å². The van der Waals surface area contributed by atoms with Crippen LogP contribution >= 0.6 is 0 Å². The Morgan fingerprint density at radius 1 is 1.33 bits per heavy atom. The number of halogens is 1. The number of carboxylic acid groups (broad SMARTS) is 1. The Labute approximate surface area is 106 Å². The molecule has 0 aliphatic carbocycles. The fraction of sp³-hybridized carbons (Fsp3) is 0.500. The van der Waals surface area contributed by atoms with Crippen molar-refractivity contribution >= 4 is 5.97 Å². The highest BCUT2D eigenvalue weighted by atomic mass is 19.1. The predicted octanol–water partition coefficient (Wildman–Crippen LogP) is 2.51. The van der Waals surface area contributed by atoms with Crippen LogP contribution in [0.4, 0.5) is 4.39 Å². The molecule has 0 amide bonds. The molecular weight excluding hydrogens is 233 g/mol. The van der Waals surface area contributed by atoms with Gasteiger partial charge in [0.15, 0.2) is 0 Å². The number of benzene rings is 1. The van der Waals surface area contributed by atoms with Crippen molar-refractivity contribution in [1.82, 2.24) is 4.90 Å². The SMILES string of the molecule is O=C(O)CC1CCN(Cc2ccccc2F)CC1. The molecule has 1 saturated heterocycles. The van der Waals surface area contributed by atoms with Crippen LogP contribution in [0.15, 0.2) is 24.3 Å². The summed E-state index contributed by atoms with van der Waals surface area (Å²) in [5.41, 5.74) is 0.717. The molecule has 1 aliphatic heterocycles. The van der Waals surface area contributed by atoms with Crippen LogP contribution in [-0.4, -0.2) is 29.1 Å². The van der Waals surface area contributed by atoms with Crippen molar-refractivity contribution in [1.29, 1.82) is 0 Å². The first-order valence-corrected chi connectivity index (χ1v) is 6.32. The van der Waals surface area contributed by atoms with Crippen LogP contribution < -0.4 is 0 Å².